The van der Waals surface area contributed by atoms with E-state index in [1.54, 1.807) is 0 Å². The summed E-state index contributed by atoms with van der Waals surface area (Å²) in [7, 11) is 0. The van der Waals surface area contributed by atoms with Gasteiger partial charge in [-0.05, 0) is 35.1 Å². The lowest BCUT2D eigenvalue weighted by Gasteiger charge is -2.21. The van der Waals surface area contributed by atoms with Crippen molar-refractivity contribution in [2.75, 3.05) is 5.73 Å². The van der Waals surface area contributed by atoms with Crippen LogP contribution in [0.5, 0.6) is 0 Å². The number of nitrogens with zero attached hydrogens (tertiary/aromatic N) is 2. The molecule has 2 rings (SSSR count). The van der Waals surface area contributed by atoms with E-state index in [9.17, 15) is 0 Å². The third-order valence-electron chi connectivity index (χ3n) is 3.08. The van der Waals surface area contributed by atoms with E-state index in [2.05, 4.69) is 79.5 Å². The monoisotopic (exact) mass is 381 g/mol. The lowest BCUT2D eigenvalue weighted by Crippen LogP contribution is -2.19. The van der Waals surface area contributed by atoms with Crippen molar-refractivity contribution in [3.63, 3.8) is 0 Å². The van der Waals surface area contributed by atoms with Crippen LogP contribution in [0.2, 0.25) is 0 Å². The van der Waals surface area contributed by atoms with E-state index in [0.717, 1.165) is 15.1 Å². The van der Waals surface area contributed by atoms with Gasteiger partial charge in [0.2, 0.25) is 0 Å². The van der Waals surface area contributed by atoms with Gasteiger partial charge in [-0.25, -0.2) is 9.97 Å². The van der Waals surface area contributed by atoms with Gasteiger partial charge < -0.3 is 5.73 Å². The van der Waals surface area contributed by atoms with Crippen LogP contribution in [0.15, 0.2) is 24.3 Å². The SMILES string of the molecule is Cc1cccc(Cc2nc(N)c(I)c(C(C)(C)C)n2)c1. The van der Waals surface area contributed by atoms with Crippen LogP contribution in [0.1, 0.15) is 43.4 Å². The number of halogens is 1. The number of hydrogen-bond donors (Lipinski definition) is 1. The van der Waals surface area contributed by atoms with Gasteiger partial charge in [-0.3, -0.25) is 0 Å². The highest BCUT2D eigenvalue weighted by molar-refractivity contribution is 14.1. The topological polar surface area (TPSA) is 51.8 Å². The second-order valence-corrected chi connectivity index (χ2v) is 7.18. The molecule has 0 spiro atoms. The molecule has 1 aromatic carbocycles. The Bertz CT molecular complexity index is 630. The lowest BCUT2D eigenvalue weighted by molar-refractivity contribution is 0.559. The van der Waals surface area contributed by atoms with Gasteiger partial charge in [0.15, 0.2) is 0 Å². The fraction of sp³-hybridized carbons (Fsp3) is 0.375. The molecule has 0 unspecified atom stereocenters. The Morgan fingerprint density at radius 2 is 1.90 bits per heavy atom. The van der Waals surface area contributed by atoms with Crippen molar-refractivity contribution < 1.29 is 0 Å². The molecule has 4 heteroatoms. The number of hydrogen-bond acceptors (Lipinski definition) is 3. The molecule has 0 radical (unpaired) electrons. The summed E-state index contributed by atoms with van der Waals surface area (Å²) in [5, 5.41) is 0. The highest BCUT2D eigenvalue weighted by Gasteiger charge is 2.22. The van der Waals surface area contributed by atoms with Gasteiger partial charge in [0.05, 0.1) is 9.26 Å². The Morgan fingerprint density at radius 3 is 2.50 bits per heavy atom. The number of anilines is 1. The molecule has 0 amide bonds. The summed E-state index contributed by atoms with van der Waals surface area (Å²) < 4.78 is 0.961. The predicted octanol–water partition coefficient (Wildman–Crippen LogP) is 3.86. The van der Waals surface area contributed by atoms with Gasteiger partial charge in [0.1, 0.15) is 11.6 Å². The molecule has 0 atom stereocenters. The van der Waals surface area contributed by atoms with Gasteiger partial charge in [-0.2, -0.15) is 0 Å². The quantitative estimate of drug-likeness (QED) is 0.804. The van der Waals surface area contributed by atoms with Crippen LogP contribution in [0.4, 0.5) is 5.82 Å². The molecule has 106 valence electrons. The van der Waals surface area contributed by atoms with Crippen LogP contribution in [0, 0.1) is 10.5 Å². The van der Waals surface area contributed by atoms with Gasteiger partial charge >= 0.3 is 0 Å². The van der Waals surface area contributed by atoms with E-state index in [1.165, 1.54) is 11.1 Å². The third kappa shape index (κ3) is 3.48. The highest BCUT2D eigenvalue weighted by Crippen LogP contribution is 2.28. The van der Waals surface area contributed by atoms with Crippen LogP contribution in [0.3, 0.4) is 0 Å². The Hall–Kier alpha value is -1.17. The first-order chi connectivity index (χ1) is 9.27. The maximum atomic E-state index is 6.04. The molecule has 1 heterocycles. The molecule has 2 aromatic rings. The number of rotatable bonds is 2. The van der Waals surface area contributed by atoms with Crippen LogP contribution in [-0.2, 0) is 11.8 Å². The van der Waals surface area contributed by atoms with Crippen molar-refractivity contribution in [3.8, 4) is 0 Å². The molecule has 1 aromatic heterocycles. The minimum absolute atomic E-state index is 0.0328. The van der Waals surface area contributed by atoms with Crippen molar-refractivity contribution in [3.05, 3.63) is 50.5 Å². The molecule has 0 aliphatic rings. The van der Waals surface area contributed by atoms with Crippen molar-refractivity contribution in [1.29, 1.82) is 0 Å². The first-order valence-corrected chi connectivity index (χ1v) is 7.73. The van der Waals surface area contributed by atoms with Crippen molar-refractivity contribution in [2.24, 2.45) is 0 Å². The summed E-state index contributed by atoms with van der Waals surface area (Å²) in [6.07, 6.45) is 0.714. The van der Waals surface area contributed by atoms with Crippen LogP contribution >= 0.6 is 22.6 Å². The van der Waals surface area contributed by atoms with Crippen molar-refractivity contribution in [2.45, 2.75) is 39.5 Å². The van der Waals surface area contributed by atoms with E-state index in [0.29, 0.717) is 12.2 Å². The standard InChI is InChI=1S/C16H20IN3/c1-10-6-5-7-11(8-10)9-12-19-14(16(2,3)4)13(17)15(18)20-12/h5-8H,9H2,1-4H3,(H2,18,19,20). The molecule has 0 saturated heterocycles. The van der Waals surface area contributed by atoms with Crippen LogP contribution in [-0.4, -0.2) is 9.97 Å². The molecular weight excluding hydrogens is 361 g/mol. The van der Waals surface area contributed by atoms with E-state index in [-0.39, 0.29) is 5.41 Å². The third-order valence-corrected chi connectivity index (χ3v) is 4.14. The first-order valence-electron chi connectivity index (χ1n) is 6.65. The van der Waals surface area contributed by atoms with E-state index in [4.69, 9.17) is 10.7 Å². The number of nitrogens with two attached hydrogens (primary N) is 1. The Balaban J connectivity index is 2.41. The minimum atomic E-state index is -0.0328. The molecule has 3 nitrogen and oxygen atoms in total. The Labute approximate surface area is 134 Å². The molecule has 0 aliphatic heterocycles. The van der Waals surface area contributed by atoms with Crippen LogP contribution < -0.4 is 5.73 Å². The second-order valence-electron chi connectivity index (χ2n) is 6.10. The van der Waals surface area contributed by atoms with Gasteiger partial charge in [0, 0.05) is 11.8 Å². The van der Waals surface area contributed by atoms with Gasteiger partial charge in [-0.1, -0.05) is 50.6 Å². The number of benzene rings is 1. The molecule has 20 heavy (non-hydrogen) atoms. The fourth-order valence-electron chi connectivity index (χ4n) is 2.09. The first kappa shape index (κ1) is 15.2. The molecule has 2 N–H and O–H groups in total. The predicted molar refractivity (Wildman–Crippen MR) is 91.8 cm³/mol. The lowest BCUT2D eigenvalue weighted by atomic mass is 9.92. The smallest absolute Gasteiger partial charge is 0.140 e. The van der Waals surface area contributed by atoms with E-state index in [1.807, 2.05) is 0 Å². The number of nitrogen functional groups attached to an aromatic ring is 1. The molecule has 0 saturated carbocycles. The summed E-state index contributed by atoms with van der Waals surface area (Å²) in [5.74, 6) is 1.37. The van der Waals surface area contributed by atoms with E-state index >= 15 is 0 Å². The number of aromatic nitrogens is 2. The summed E-state index contributed by atoms with van der Waals surface area (Å²) in [5.41, 5.74) is 9.49. The average Bonchev–Trinajstić information content (AvgIpc) is 2.32. The van der Waals surface area contributed by atoms with Gasteiger partial charge in [0.25, 0.3) is 0 Å². The maximum absolute atomic E-state index is 6.04. The maximum Gasteiger partial charge on any atom is 0.140 e. The summed E-state index contributed by atoms with van der Waals surface area (Å²) in [6.45, 7) is 8.53. The molecular formula is C16H20IN3. The Morgan fingerprint density at radius 1 is 1.20 bits per heavy atom. The van der Waals surface area contributed by atoms with Crippen molar-refractivity contribution >= 4 is 28.4 Å². The normalized spacial score (nSPS) is 11.7. The second kappa shape index (κ2) is 5.68. The van der Waals surface area contributed by atoms with Gasteiger partial charge in [-0.15, -0.1) is 0 Å². The Kier molecular flexibility index (Phi) is 4.32. The number of aryl methyl sites for hydroxylation is 1. The van der Waals surface area contributed by atoms with Crippen LogP contribution in [0.25, 0.3) is 0 Å². The van der Waals surface area contributed by atoms with E-state index < -0.39 is 0 Å². The zero-order chi connectivity index (χ0) is 14.9. The zero-order valence-electron chi connectivity index (χ0n) is 12.4. The minimum Gasteiger partial charge on any atom is -0.383 e. The summed E-state index contributed by atoms with van der Waals surface area (Å²) in [4.78, 5) is 9.16. The molecule has 0 bridgehead atoms. The highest BCUT2D eigenvalue weighted by atomic mass is 127. The molecule has 0 aliphatic carbocycles. The zero-order valence-corrected chi connectivity index (χ0v) is 14.5. The largest absolute Gasteiger partial charge is 0.383 e. The summed E-state index contributed by atoms with van der Waals surface area (Å²) in [6, 6.07) is 8.41. The average molecular weight is 381 g/mol. The van der Waals surface area contributed by atoms with Crippen molar-refractivity contribution in [1.82, 2.24) is 9.97 Å². The molecule has 0 fully saturated rings. The summed E-state index contributed by atoms with van der Waals surface area (Å²) >= 11 is 2.23. The fourth-order valence-corrected chi connectivity index (χ4v) is 3.14.